The first-order valence-corrected chi connectivity index (χ1v) is 34.8. The quantitative estimate of drug-likeness (QED) is 0.0311. The lowest BCUT2D eigenvalue weighted by Crippen LogP contribution is -2.67. The van der Waals surface area contributed by atoms with Gasteiger partial charge in [-0.1, -0.05) is 65.0 Å². The maximum absolute atomic E-state index is 14.4. The lowest BCUT2D eigenvalue weighted by molar-refractivity contribution is -0.140. The number of hydrogen-bond donors (Lipinski definition) is 18. The standard InChI is InChI=1S/C70H117N17O18/c1-22-70(21,85-54(96)45(29-31-49(72)91)79-59(101)66(13,14)83-55(97)46(32-37(2)3)77-51(93)39(6)74-50(92)35-73-57(99)64(9,10)81-41(8)89)63(105)80-47(33-38(4)5)56(98)84-65(11,12)58(100)75-40(7)52(94)82-68(17,18)61(103)87-69(19,20)62(104)86-67(15,16)60(102)78-44(28-30-48(71)90)53(95)76-43(36-88)34-42-26-24-23-25-27-42/h23-27,37-40,43-47,88H,22,28-36H2,1-21H3,(H2,71,90)(H2,72,91)(H,73,99)(H,74,92)(H,75,100)(H,76,95)(H,77,93)(H,78,102)(H,79,101)(H,80,105)(H,81,89)(H,82,94)(H,83,97)(H,84,98)(H,85,96)(H,86,104)(H,87,103)/t39-,40-,43-,44-,45-,46-,47-,70+/m0/s1. The Labute approximate surface area is 614 Å². The molecule has 0 unspecified atom stereocenters. The molecule has 0 bridgehead atoms. The summed E-state index contributed by atoms with van der Waals surface area (Å²) >= 11 is 0. The molecule has 0 saturated heterocycles. The van der Waals surface area contributed by atoms with Gasteiger partial charge in [0.2, 0.25) is 100 Å². The van der Waals surface area contributed by atoms with Crippen LogP contribution in [0.2, 0.25) is 0 Å². The second-order valence-corrected chi connectivity index (χ2v) is 30.6. The summed E-state index contributed by atoms with van der Waals surface area (Å²) < 4.78 is 0. The molecule has 35 nitrogen and oxygen atoms in total. The summed E-state index contributed by atoms with van der Waals surface area (Å²) in [5.41, 5.74) is -0.511. The van der Waals surface area contributed by atoms with Crippen molar-refractivity contribution in [3.05, 3.63) is 35.9 Å². The third-order valence-electron chi connectivity index (χ3n) is 16.7. The van der Waals surface area contributed by atoms with Gasteiger partial charge in [-0.2, -0.15) is 0 Å². The van der Waals surface area contributed by atoms with Gasteiger partial charge < -0.3 is 96.3 Å². The van der Waals surface area contributed by atoms with Gasteiger partial charge in [-0.3, -0.25) is 81.5 Å². The van der Waals surface area contributed by atoms with E-state index >= 15 is 0 Å². The second kappa shape index (κ2) is 39.9. The Morgan fingerprint density at radius 2 is 0.771 bits per heavy atom. The van der Waals surface area contributed by atoms with Crippen LogP contribution in [0.4, 0.5) is 0 Å². The Bertz CT molecular complexity index is 3330. The molecule has 0 aliphatic rings. The predicted octanol–water partition coefficient (Wildman–Crippen LogP) is -2.93. The monoisotopic (exact) mass is 1480 g/mol. The zero-order valence-corrected chi connectivity index (χ0v) is 64.7. The molecule has 0 radical (unpaired) electrons. The molecular weight excluding hydrogens is 1370 g/mol. The van der Waals surface area contributed by atoms with Crippen molar-refractivity contribution in [3.63, 3.8) is 0 Å². The maximum Gasteiger partial charge on any atom is 0.246 e. The Kier molecular flexibility index (Phi) is 35.4. The highest BCUT2D eigenvalue weighted by atomic mass is 16.3. The van der Waals surface area contributed by atoms with Crippen LogP contribution in [0.25, 0.3) is 0 Å². The van der Waals surface area contributed by atoms with Gasteiger partial charge in [0.05, 0.1) is 19.2 Å². The molecule has 20 N–H and O–H groups in total. The first kappa shape index (κ1) is 93.2. The van der Waals surface area contributed by atoms with Crippen molar-refractivity contribution < 1.29 is 86.6 Å². The number of hydrogen-bond acceptors (Lipinski definition) is 18. The van der Waals surface area contributed by atoms with Crippen LogP contribution in [-0.4, -0.2) is 200 Å². The van der Waals surface area contributed by atoms with Gasteiger partial charge in [0.25, 0.3) is 0 Å². The molecule has 17 amide bonds. The molecule has 0 aliphatic carbocycles. The minimum atomic E-state index is -1.84. The van der Waals surface area contributed by atoms with E-state index in [2.05, 4.69) is 79.8 Å². The summed E-state index contributed by atoms with van der Waals surface area (Å²) in [6.07, 6.45) is -1.18. The van der Waals surface area contributed by atoms with E-state index in [4.69, 9.17) is 11.5 Å². The van der Waals surface area contributed by atoms with Gasteiger partial charge >= 0.3 is 0 Å². The number of primary amides is 2. The van der Waals surface area contributed by atoms with Crippen LogP contribution < -0.4 is 91.2 Å². The highest BCUT2D eigenvalue weighted by molar-refractivity contribution is 6.03. The second-order valence-electron chi connectivity index (χ2n) is 30.6. The van der Waals surface area contributed by atoms with Gasteiger partial charge in [-0.05, 0) is 160 Å². The summed E-state index contributed by atoms with van der Waals surface area (Å²) in [5.74, 6) is -14.5. The number of benzene rings is 1. The van der Waals surface area contributed by atoms with E-state index in [9.17, 15) is 86.6 Å². The van der Waals surface area contributed by atoms with E-state index in [0.29, 0.717) is 0 Å². The largest absolute Gasteiger partial charge is 0.394 e. The Morgan fingerprint density at radius 1 is 0.400 bits per heavy atom. The fourth-order valence-electron chi connectivity index (χ4n) is 9.88. The number of rotatable bonds is 43. The fraction of sp³-hybridized carbons (Fsp3) is 0.671. The predicted molar refractivity (Wildman–Crippen MR) is 387 cm³/mol. The van der Waals surface area contributed by atoms with Gasteiger partial charge in [-0.15, -0.1) is 0 Å². The summed E-state index contributed by atoms with van der Waals surface area (Å²) in [4.78, 5) is 227. The number of aliphatic hydroxyl groups is 1. The smallest absolute Gasteiger partial charge is 0.246 e. The molecule has 0 heterocycles. The van der Waals surface area contributed by atoms with Crippen LogP contribution in [-0.2, 0) is 87.9 Å². The van der Waals surface area contributed by atoms with Crippen LogP contribution in [0.5, 0.6) is 0 Å². The van der Waals surface area contributed by atoms with Crippen molar-refractivity contribution in [1.82, 2.24) is 79.8 Å². The zero-order valence-electron chi connectivity index (χ0n) is 64.7. The molecule has 105 heavy (non-hydrogen) atoms. The van der Waals surface area contributed by atoms with E-state index in [-0.39, 0.29) is 50.4 Å². The molecular formula is C70H117N17O18. The van der Waals surface area contributed by atoms with Gasteiger partial charge in [0, 0.05) is 19.8 Å². The number of nitrogens with two attached hydrogens (primary N) is 2. The summed E-state index contributed by atoms with van der Waals surface area (Å²) in [6, 6.07) is 0.0645. The lowest BCUT2D eigenvalue weighted by Gasteiger charge is -2.35. The number of amides is 17. The van der Waals surface area contributed by atoms with Crippen molar-refractivity contribution in [2.45, 2.75) is 278 Å². The van der Waals surface area contributed by atoms with Gasteiger partial charge in [-0.25, -0.2) is 0 Å². The molecule has 35 heteroatoms. The highest BCUT2D eigenvalue weighted by Gasteiger charge is 2.45. The third kappa shape index (κ3) is 31.6. The first-order valence-electron chi connectivity index (χ1n) is 34.8. The normalized spacial score (nSPS) is 14.5. The molecule has 0 aromatic heterocycles. The van der Waals surface area contributed by atoms with E-state index < -0.39 is 207 Å². The third-order valence-corrected chi connectivity index (χ3v) is 16.7. The van der Waals surface area contributed by atoms with Gasteiger partial charge in [0.15, 0.2) is 0 Å². The van der Waals surface area contributed by atoms with Crippen LogP contribution in [0.15, 0.2) is 30.3 Å². The Morgan fingerprint density at radius 3 is 1.20 bits per heavy atom. The van der Waals surface area contributed by atoms with Crippen molar-refractivity contribution in [2.75, 3.05) is 13.2 Å². The molecule has 1 aromatic carbocycles. The fourth-order valence-corrected chi connectivity index (χ4v) is 9.88. The van der Waals surface area contributed by atoms with E-state index in [0.717, 1.165) is 5.56 Å². The number of nitrogens with one attached hydrogen (secondary N) is 15. The summed E-state index contributed by atoms with van der Waals surface area (Å²) in [6.45, 7) is 28.8. The first-order chi connectivity index (χ1) is 48.0. The Hall–Kier alpha value is -9.83. The number of carbonyl (C=O) groups excluding carboxylic acids is 17. The highest BCUT2D eigenvalue weighted by Crippen LogP contribution is 2.19. The molecule has 0 saturated carbocycles. The van der Waals surface area contributed by atoms with Gasteiger partial charge in [0.1, 0.15) is 75.0 Å². The van der Waals surface area contributed by atoms with Crippen molar-refractivity contribution >= 4 is 100 Å². The molecule has 0 aliphatic heterocycles. The SMILES string of the molecule is CC[C@@](C)(NC(=O)[C@H](CCC(N)=O)NC(=O)C(C)(C)NC(=O)[C@H](CC(C)C)NC(=O)[C@H](C)NC(=O)CNC(=O)C(C)(C)NC(C)=O)C(=O)N[C@@H](CC(C)C)C(=O)NC(C)(C)C(=O)N[C@@H](C)C(=O)NC(C)(C)C(=O)NC(C)(C)C(=O)NC(C)(C)C(=O)N[C@@H](CCC(N)=O)C(=O)N[C@H](CO)Cc1ccccc1. The van der Waals surface area contributed by atoms with E-state index in [1.165, 1.54) is 111 Å². The van der Waals surface area contributed by atoms with Crippen molar-refractivity contribution in [2.24, 2.45) is 23.3 Å². The topological polar surface area (TPSA) is 543 Å². The average Bonchev–Trinajstić information content (AvgIpc) is 0.818. The lowest BCUT2D eigenvalue weighted by atomic mass is 9.94. The molecule has 1 rings (SSSR count). The van der Waals surface area contributed by atoms with Crippen LogP contribution in [0.3, 0.4) is 0 Å². The molecule has 8 atom stereocenters. The van der Waals surface area contributed by atoms with E-state index in [1.54, 1.807) is 65.0 Å². The average molecular weight is 1480 g/mol. The Balaban J connectivity index is 3.21. The summed E-state index contributed by atoms with van der Waals surface area (Å²) in [7, 11) is 0. The minimum Gasteiger partial charge on any atom is -0.394 e. The molecule has 0 spiro atoms. The van der Waals surface area contributed by atoms with Crippen LogP contribution >= 0.6 is 0 Å². The molecule has 1 aromatic rings. The van der Waals surface area contributed by atoms with E-state index in [1.807, 2.05) is 0 Å². The zero-order chi connectivity index (χ0) is 81.3. The van der Waals surface area contributed by atoms with Crippen molar-refractivity contribution in [3.8, 4) is 0 Å². The van der Waals surface area contributed by atoms with Crippen molar-refractivity contribution in [1.29, 1.82) is 0 Å². The van der Waals surface area contributed by atoms with Crippen LogP contribution in [0, 0.1) is 11.8 Å². The number of carbonyl (C=O) groups is 17. The minimum absolute atomic E-state index is 0.00791. The maximum atomic E-state index is 14.4. The molecule has 0 fully saturated rings. The summed E-state index contributed by atoms with van der Waals surface area (Å²) in [5, 5.41) is 48.2. The number of aliphatic hydroxyl groups excluding tert-OH is 1. The van der Waals surface area contributed by atoms with Crippen LogP contribution in [0.1, 0.15) is 196 Å². The molecule has 590 valence electrons.